The average Bonchev–Trinajstić information content (AvgIpc) is 2.81. The van der Waals surface area contributed by atoms with Gasteiger partial charge < -0.3 is 10.2 Å². The Morgan fingerprint density at radius 1 is 1.41 bits per heavy atom. The molecule has 9 heteroatoms. The minimum atomic E-state index is -0.410. The van der Waals surface area contributed by atoms with E-state index in [9.17, 15) is 14.4 Å². The maximum Gasteiger partial charge on any atom is 0.265 e. The van der Waals surface area contributed by atoms with Crippen molar-refractivity contribution in [1.82, 2.24) is 19.4 Å². The fourth-order valence-corrected chi connectivity index (χ4v) is 2.67. The second-order valence-electron chi connectivity index (χ2n) is 4.73. The Morgan fingerprint density at radius 3 is 2.77 bits per heavy atom. The third kappa shape index (κ3) is 3.55. The maximum absolute atomic E-state index is 11.9. The standard InChI is InChI=1S/C13H15N5O3S/c1-8-11(12(21)17(2)3)22-13(15-8)16-9(19)6-18-7-14-5-4-10(18)20/h4-5,7H,6H2,1-3H3,(H,15,16,19). The first kappa shape index (κ1) is 15.8. The van der Waals surface area contributed by atoms with Gasteiger partial charge in [0.2, 0.25) is 5.91 Å². The molecule has 0 unspecified atom stereocenters. The van der Waals surface area contributed by atoms with Gasteiger partial charge in [-0.15, -0.1) is 0 Å². The van der Waals surface area contributed by atoms with Crippen molar-refractivity contribution in [1.29, 1.82) is 0 Å². The number of nitrogens with zero attached hydrogens (tertiary/aromatic N) is 4. The first-order valence-corrected chi connectivity index (χ1v) is 7.19. The van der Waals surface area contributed by atoms with Gasteiger partial charge in [-0.25, -0.2) is 9.97 Å². The Morgan fingerprint density at radius 2 is 2.14 bits per heavy atom. The van der Waals surface area contributed by atoms with Gasteiger partial charge in [0.15, 0.2) is 5.13 Å². The van der Waals surface area contributed by atoms with E-state index in [4.69, 9.17) is 0 Å². The highest BCUT2D eigenvalue weighted by molar-refractivity contribution is 7.17. The van der Waals surface area contributed by atoms with E-state index in [2.05, 4.69) is 15.3 Å². The van der Waals surface area contributed by atoms with Crippen molar-refractivity contribution in [2.75, 3.05) is 19.4 Å². The monoisotopic (exact) mass is 321 g/mol. The zero-order chi connectivity index (χ0) is 16.3. The first-order chi connectivity index (χ1) is 10.4. The smallest absolute Gasteiger partial charge is 0.265 e. The number of thiazole rings is 1. The molecule has 0 fully saturated rings. The molecule has 116 valence electrons. The average molecular weight is 321 g/mol. The Labute approximate surface area is 130 Å². The van der Waals surface area contributed by atoms with Gasteiger partial charge in [0.1, 0.15) is 11.4 Å². The van der Waals surface area contributed by atoms with Crippen molar-refractivity contribution >= 4 is 28.3 Å². The summed E-state index contributed by atoms with van der Waals surface area (Å²) in [5, 5.41) is 2.91. The Bertz CT molecular complexity index is 765. The lowest BCUT2D eigenvalue weighted by molar-refractivity contribution is -0.116. The van der Waals surface area contributed by atoms with Gasteiger partial charge >= 0.3 is 0 Å². The summed E-state index contributed by atoms with van der Waals surface area (Å²) in [5.74, 6) is -0.577. The van der Waals surface area contributed by atoms with Crippen LogP contribution in [-0.2, 0) is 11.3 Å². The summed E-state index contributed by atoms with van der Waals surface area (Å²) in [5.41, 5.74) is 0.237. The zero-order valence-electron chi connectivity index (χ0n) is 12.4. The van der Waals surface area contributed by atoms with Gasteiger partial charge in [0.25, 0.3) is 11.5 Å². The van der Waals surface area contributed by atoms with Gasteiger partial charge in [-0.1, -0.05) is 11.3 Å². The lowest BCUT2D eigenvalue weighted by Crippen LogP contribution is -2.26. The summed E-state index contributed by atoms with van der Waals surface area (Å²) >= 11 is 1.10. The molecule has 0 aliphatic rings. The highest BCUT2D eigenvalue weighted by Gasteiger charge is 2.18. The molecular formula is C13H15N5O3S. The van der Waals surface area contributed by atoms with Crippen molar-refractivity contribution in [2.24, 2.45) is 0 Å². The van der Waals surface area contributed by atoms with Gasteiger partial charge in [-0.05, 0) is 6.92 Å². The van der Waals surface area contributed by atoms with Crippen LogP contribution in [0.3, 0.4) is 0 Å². The number of carbonyl (C=O) groups is 2. The fraction of sp³-hybridized carbons (Fsp3) is 0.308. The molecule has 0 bridgehead atoms. The predicted octanol–water partition coefficient (Wildman–Crippen LogP) is 0.349. The molecule has 0 saturated heterocycles. The minimum Gasteiger partial charge on any atom is -0.344 e. The van der Waals surface area contributed by atoms with E-state index in [1.54, 1.807) is 21.0 Å². The van der Waals surface area contributed by atoms with Crippen LogP contribution < -0.4 is 10.9 Å². The molecule has 22 heavy (non-hydrogen) atoms. The van der Waals surface area contributed by atoms with Crippen molar-refractivity contribution < 1.29 is 9.59 Å². The summed E-state index contributed by atoms with van der Waals surface area (Å²) in [6.07, 6.45) is 2.65. The number of aryl methyl sites for hydroxylation is 1. The number of amides is 2. The molecule has 0 atom stereocenters. The predicted molar refractivity (Wildman–Crippen MR) is 82.0 cm³/mol. The Balaban J connectivity index is 2.10. The number of carbonyl (C=O) groups excluding carboxylic acids is 2. The third-order valence-electron chi connectivity index (χ3n) is 2.75. The van der Waals surface area contributed by atoms with Crippen LogP contribution in [0.4, 0.5) is 5.13 Å². The number of nitrogens with one attached hydrogen (secondary N) is 1. The zero-order valence-corrected chi connectivity index (χ0v) is 13.2. The topological polar surface area (TPSA) is 97.2 Å². The first-order valence-electron chi connectivity index (χ1n) is 6.38. The summed E-state index contributed by atoms with van der Waals surface area (Å²) in [7, 11) is 3.29. The quantitative estimate of drug-likeness (QED) is 0.876. The lowest BCUT2D eigenvalue weighted by Gasteiger charge is -2.07. The molecule has 2 aromatic rings. The molecule has 2 aromatic heterocycles. The number of hydrogen-bond donors (Lipinski definition) is 1. The highest BCUT2D eigenvalue weighted by atomic mass is 32.1. The molecular weight excluding hydrogens is 306 g/mol. The summed E-state index contributed by atoms with van der Waals surface area (Å²) < 4.78 is 1.18. The van der Waals surface area contributed by atoms with E-state index >= 15 is 0 Å². The summed E-state index contributed by atoms with van der Waals surface area (Å²) in [6.45, 7) is 1.54. The van der Waals surface area contributed by atoms with Crippen LogP contribution in [0.1, 0.15) is 15.4 Å². The van der Waals surface area contributed by atoms with E-state index in [1.165, 1.54) is 28.1 Å². The number of rotatable bonds is 4. The molecule has 0 aliphatic heterocycles. The number of anilines is 1. The van der Waals surface area contributed by atoms with Gasteiger partial charge in [0.05, 0.1) is 12.0 Å². The minimum absolute atomic E-state index is 0.164. The van der Waals surface area contributed by atoms with Crippen LogP contribution in [0, 0.1) is 6.92 Å². The molecule has 0 saturated carbocycles. The van der Waals surface area contributed by atoms with Gasteiger partial charge in [-0.3, -0.25) is 19.0 Å². The van der Waals surface area contributed by atoms with Crippen LogP contribution in [0.15, 0.2) is 23.4 Å². The maximum atomic E-state index is 11.9. The van der Waals surface area contributed by atoms with E-state index in [-0.39, 0.29) is 18.0 Å². The van der Waals surface area contributed by atoms with Crippen LogP contribution in [0.25, 0.3) is 0 Å². The number of hydrogen-bond acceptors (Lipinski definition) is 6. The van der Waals surface area contributed by atoms with E-state index in [0.29, 0.717) is 15.7 Å². The lowest BCUT2D eigenvalue weighted by atomic mass is 10.3. The number of aromatic nitrogens is 3. The molecule has 0 spiro atoms. The fourth-order valence-electron chi connectivity index (χ4n) is 1.66. The molecule has 2 heterocycles. The van der Waals surface area contributed by atoms with Crippen LogP contribution in [-0.4, -0.2) is 45.3 Å². The highest BCUT2D eigenvalue weighted by Crippen LogP contribution is 2.23. The van der Waals surface area contributed by atoms with Gasteiger partial charge in [-0.2, -0.15) is 0 Å². The second-order valence-corrected chi connectivity index (χ2v) is 5.73. The second kappa shape index (κ2) is 6.48. The van der Waals surface area contributed by atoms with E-state index in [1.807, 2.05) is 0 Å². The van der Waals surface area contributed by atoms with Crippen molar-refractivity contribution in [2.45, 2.75) is 13.5 Å². The van der Waals surface area contributed by atoms with Crippen LogP contribution >= 0.6 is 11.3 Å². The SMILES string of the molecule is Cc1nc(NC(=O)Cn2cnccc2=O)sc1C(=O)N(C)C. The normalized spacial score (nSPS) is 10.3. The Kier molecular flexibility index (Phi) is 4.66. The molecule has 1 N–H and O–H groups in total. The molecule has 8 nitrogen and oxygen atoms in total. The largest absolute Gasteiger partial charge is 0.344 e. The molecule has 0 aliphatic carbocycles. The molecule has 2 rings (SSSR count). The third-order valence-corrected chi connectivity index (χ3v) is 3.81. The van der Waals surface area contributed by atoms with E-state index < -0.39 is 5.91 Å². The van der Waals surface area contributed by atoms with Crippen molar-refractivity contribution in [3.05, 3.63) is 39.5 Å². The van der Waals surface area contributed by atoms with Crippen molar-refractivity contribution in [3.8, 4) is 0 Å². The molecule has 0 radical (unpaired) electrons. The van der Waals surface area contributed by atoms with Gasteiger partial charge in [0, 0.05) is 26.4 Å². The molecule has 0 aromatic carbocycles. The van der Waals surface area contributed by atoms with Crippen LogP contribution in [0.2, 0.25) is 0 Å². The van der Waals surface area contributed by atoms with Crippen LogP contribution in [0.5, 0.6) is 0 Å². The van der Waals surface area contributed by atoms with Crippen molar-refractivity contribution in [3.63, 3.8) is 0 Å². The van der Waals surface area contributed by atoms with E-state index in [0.717, 1.165) is 11.3 Å². The summed E-state index contributed by atoms with van der Waals surface area (Å²) in [4.78, 5) is 45.2. The molecule has 2 amide bonds. The summed E-state index contributed by atoms with van der Waals surface area (Å²) in [6, 6.07) is 1.27. The Hall–Kier alpha value is -2.55.